The number of quaternary nitrogens is 1. The number of halogens is 1. The quantitative estimate of drug-likeness (QED) is 0.234. The van der Waals surface area contributed by atoms with E-state index >= 15 is 0 Å². The zero-order valence-electron chi connectivity index (χ0n) is 13.6. The molecule has 0 heterocycles. The fourth-order valence-corrected chi connectivity index (χ4v) is 2.18. The van der Waals surface area contributed by atoms with E-state index in [1.165, 1.54) is 0 Å². The summed E-state index contributed by atoms with van der Waals surface area (Å²) >= 11 is 0. The summed E-state index contributed by atoms with van der Waals surface area (Å²) in [6.07, 6.45) is 1.24. The monoisotopic (exact) mass is 327 g/mol. The predicted octanol–water partition coefficient (Wildman–Crippen LogP) is -0.343. The number of carbonyl (C=O) groups is 1. The summed E-state index contributed by atoms with van der Waals surface area (Å²) in [4.78, 5) is 11.9. The highest BCUT2D eigenvalue weighted by atomic mass is 35.5. The van der Waals surface area contributed by atoms with Crippen LogP contribution in [0.25, 0.3) is 0 Å². The molecule has 0 bridgehead atoms. The van der Waals surface area contributed by atoms with Crippen molar-refractivity contribution in [1.29, 1.82) is 0 Å². The highest BCUT2D eigenvalue weighted by Crippen LogP contribution is 2.27. The molecule has 4 nitrogen and oxygen atoms in total. The number of esters is 1. The minimum absolute atomic E-state index is 0. The number of hydrogen-bond acceptors (Lipinski definition) is 3. The third-order valence-electron chi connectivity index (χ3n) is 3.43. The number of ether oxygens (including phenoxy) is 1. The zero-order valence-corrected chi connectivity index (χ0v) is 14.3. The van der Waals surface area contributed by atoms with Crippen LogP contribution in [0.1, 0.15) is 31.6 Å². The molecule has 0 radical (unpaired) electrons. The second-order valence-corrected chi connectivity index (χ2v) is 5.88. The highest BCUT2D eigenvalue weighted by Gasteiger charge is 2.33. The first-order chi connectivity index (χ1) is 9.88. The Labute approximate surface area is 139 Å². The average molecular weight is 328 g/mol. The van der Waals surface area contributed by atoms with Crippen molar-refractivity contribution < 1.29 is 31.5 Å². The Morgan fingerprint density at radius 2 is 1.86 bits per heavy atom. The van der Waals surface area contributed by atoms with E-state index in [1.54, 1.807) is 6.92 Å². The molecule has 1 N–H and O–H groups in total. The molecule has 1 atom stereocenters. The molecule has 0 aliphatic rings. The van der Waals surface area contributed by atoms with Crippen LogP contribution in [0.2, 0.25) is 0 Å². The second-order valence-electron chi connectivity index (χ2n) is 5.88. The number of unbranched alkanes of at least 4 members (excludes halogenated alkanes) is 1. The molecule has 0 amide bonds. The predicted molar refractivity (Wildman–Crippen MR) is 83.4 cm³/mol. The van der Waals surface area contributed by atoms with Crippen molar-refractivity contribution in [2.45, 2.75) is 26.0 Å². The van der Waals surface area contributed by atoms with Gasteiger partial charge in [-0.25, -0.2) is 4.79 Å². The van der Waals surface area contributed by atoms with Crippen LogP contribution >= 0.6 is 0 Å². The Bertz CT molecular complexity index is 474. The van der Waals surface area contributed by atoms with Gasteiger partial charge in [0.1, 0.15) is 0 Å². The molecule has 0 saturated heterocycles. The van der Waals surface area contributed by atoms with Crippen molar-refractivity contribution in [2.75, 3.05) is 27.2 Å². The van der Waals surface area contributed by atoms with E-state index in [0.29, 0.717) is 10.1 Å². The smallest absolute Gasteiger partial charge is 0.337 e. The number of benzene rings is 1. The lowest BCUT2D eigenvalue weighted by Gasteiger charge is -2.37. The maximum absolute atomic E-state index is 11.9. The first-order valence-corrected chi connectivity index (χ1v) is 7.23. The summed E-state index contributed by atoms with van der Waals surface area (Å²) in [5.41, 5.74) is 1.35. The number of nitrogens with zero attached hydrogens (tertiary/aromatic N) is 1. The minimum Gasteiger partial charge on any atom is -1.00 e. The van der Waals surface area contributed by atoms with Crippen molar-refractivity contribution in [1.82, 2.24) is 0 Å². The average Bonchev–Trinajstić information content (AvgIpc) is 2.45. The van der Waals surface area contributed by atoms with Crippen molar-refractivity contribution in [3.63, 3.8) is 0 Å². The normalized spacial score (nSPS) is 12.2. The van der Waals surface area contributed by atoms with Crippen molar-refractivity contribution >= 4 is 5.97 Å². The number of rotatable bonds is 8. The largest absolute Gasteiger partial charge is 1.00 e. The first kappa shape index (κ1) is 20.6. The van der Waals surface area contributed by atoms with Crippen molar-refractivity contribution in [2.24, 2.45) is 0 Å². The van der Waals surface area contributed by atoms with Gasteiger partial charge in [-0.15, -0.1) is 0 Å². The van der Waals surface area contributed by atoms with E-state index in [0.717, 1.165) is 24.9 Å². The van der Waals surface area contributed by atoms with Gasteiger partial charge in [0, 0.05) is 12.2 Å². The van der Waals surface area contributed by atoms with Gasteiger partial charge in [-0.05, 0) is 31.9 Å². The summed E-state index contributed by atoms with van der Waals surface area (Å²) in [5.74, 6) is -0.378. The number of aliphatic hydroxyl groups excluding tert-OH is 1. The summed E-state index contributed by atoms with van der Waals surface area (Å²) in [5, 5.41) is 8.93. The van der Waals surface area contributed by atoms with Crippen LogP contribution < -0.4 is 12.4 Å². The van der Waals surface area contributed by atoms with Gasteiger partial charge in [-0.2, -0.15) is 0 Å². The van der Waals surface area contributed by atoms with E-state index in [2.05, 4.69) is 6.58 Å². The highest BCUT2D eigenvalue weighted by molar-refractivity contribution is 5.87. The Hall–Kier alpha value is -1.36. The molecule has 0 fully saturated rings. The molecule has 1 rings (SSSR count). The summed E-state index contributed by atoms with van der Waals surface area (Å²) in [7, 11) is 4.06. The molecule has 5 heteroatoms. The fraction of sp³-hybridized carbons (Fsp3) is 0.471. The van der Waals surface area contributed by atoms with E-state index in [1.807, 2.05) is 44.4 Å². The Kier molecular flexibility index (Phi) is 9.02. The third kappa shape index (κ3) is 6.18. The van der Waals surface area contributed by atoms with Crippen LogP contribution in [0.3, 0.4) is 0 Å². The van der Waals surface area contributed by atoms with E-state index in [4.69, 9.17) is 9.84 Å². The van der Waals surface area contributed by atoms with E-state index in [-0.39, 0.29) is 31.2 Å². The van der Waals surface area contributed by atoms with Crippen molar-refractivity contribution in [3.8, 4) is 0 Å². The Morgan fingerprint density at radius 3 is 2.36 bits per heavy atom. The van der Waals surface area contributed by atoms with Gasteiger partial charge in [-0.1, -0.05) is 24.8 Å². The first-order valence-electron chi connectivity index (χ1n) is 7.23. The molecule has 0 aromatic heterocycles. The van der Waals surface area contributed by atoms with Crippen LogP contribution in [-0.2, 0) is 9.53 Å². The molecular weight excluding hydrogens is 302 g/mol. The van der Waals surface area contributed by atoms with Crippen LogP contribution in [0.15, 0.2) is 42.5 Å². The Balaban J connectivity index is 0.00000441. The molecule has 1 unspecified atom stereocenters. The minimum atomic E-state index is -0.380. The molecular formula is C17H26ClNO3. The Morgan fingerprint density at radius 1 is 1.27 bits per heavy atom. The van der Waals surface area contributed by atoms with Gasteiger partial charge in [0.05, 0.1) is 26.2 Å². The van der Waals surface area contributed by atoms with E-state index in [9.17, 15) is 4.79 Å². The van der Waals surface area contributed by atoms with Gasteiger partial charge in [-0.3, -0.25) is 4.48 Å². The van der Waals surface area contributed by atoms with E-state index < -0.39 is 0 Å². The summed E-state index contributed by atoms with van der Waals surface area (Å²) in [6.45, 7) is 6.28. The van der Waals surface area contributed by atoms with Gasteiger partial charge in [0.15, 0.2) is 0 Å². The third-order valence-corrected chi connectivity index (χ3v) is 3.43. The number of hydrogen-bond donors (Lipinski definition) is 1. The number of carbonyl (C=O) groups excluding carboxylic acids is 1. The molecule has 0 saturated carbocycles. The van der Waals surface area contributed by atoms with Gasteiger partial charge >= 0.3 is 5.97 Å². The zero-order chi connectivity index (χ0) is 15.9. The van der Waals surface area contributed by atoms with Crippen LogP contribution in [-0.4, -0.2) is 42.8 Å². The molecule has 0 aliphatic heterocycles. The lowest BCUT2D eigenvalue weighted by molar-refractivity contribution is -0.942. The van der Waals surface area contributed by atoms with Crippen molar-refractivity contribution in [3.05, 3.63) is 48.0 Å². The molecule has 22 heavy (non-hydrogen) atoms. The maximum atomic E-state index is 11.9. The maximum Gasteiger partial charge on any atom is 0.337 e. The second kappa shape index (κ2) is 9.62. The molecule has 1 aromatic carbocycles. The number of aliphatic hydroxyl groups is 1. The molecule has 124 valence electrons. The molecule has 1 aromatic rings. The fourth-order valence-electron chi connectivity index (χ4n) is 2.18. The van der Waals surface area contributed by atoms with Gasteiger partial charge in [0.25, 0.3) is 6.23 Å². The standard InChI is InChI=1S/C17H26NO3.ClH/c1-14(2)17(20)21-16(15-10-6-5-7-11-15)18(3,4)12-8-9-13-19;/h5-7,10-11,16,19H,1,8-9,12-13H2,2-4H3;1H/q+1;/p-1. The lowest BCUT2D eigenvalue weighted by Crippen LogP contribution is -3.00. The molecule has 0 spiro atoms. The van der Waals surface area contributed by atoms with Crippen LogP contribution in [0.5, 0.6) is 0 Å². The molecule has 0 aliphatic carbocycles. The summed E-state index contributed by atoms with van der Waals surface area (Å²) in [6, 6.07) is 9.73. The van der Waals surface area contributed by atoms with Gasteiger partial charge in [0.2, 0.25) is 0 Å². The SMILES string of the molecule is C=C(C)C(=O)OC(c1ccccc1)[N+](C)(C)CCCCO.[Cl-]. The lowest BCUT2D eigenvalue weighted by atomic mass is 10.1. The van der Waals surface area contributed by atoms with Crippen LogP contribution in [0, 0.1) is 0 Å². The van der Waals surface area contributed by atoms with Crippen LogP contribution in [0.4, 0.5) is 0 Å². The summed E-state index contributed by atoms with van der Waals surface area (Å²) < 4.78 is 6.18. The topological polar surface area (TPSA) is 46.5 Å². The van der Waals surface area contributed by atoms with Gasteiger partial charge < -0.3 is 22.3 Å².